The molecule has 4 amide bonds. The monoisotopic (exact) mass is 427 g/mol. The van der Waals surface area contributed by atoms with E-state index in [0.29, 0.717) is 50.9 Å². The Balaban J connectivity index is 1.43. The van der Waals surface area contributed by atoms with Crippen LogP contribution < -0.4 is 16.4 Å². The van der Waals surface area contributed by atoms with Crippen molar-refractivity contribution in [2.75, 3.05) is 25.0 Å². The third kappa shape index (κ3) is 4.08. The smallest absolute Gasteiger partial charge is 0.255 e. The van der Waals surface area contributed by atoms with Crippen LogP contribution in [0, 0.1) is 5.92 Å². The minimum Gasteiger partial charge on any atom is -0.369 e. The molecule has 1 spiro atoms. The van der Waals surface area contributed by atoms with Crippen molar-refractivity contribution in [3.05, 3.63) is 29.8 Å². The predicted octanol–water partition coefficient (Wildman–Crippen LogP) is 0.663. The molecule has 1 aromatic carbocycles. The summed E-state index contributed by atoms with van der Waals surface area (Å²) in [5.41, 5.74) is 6.01. The summed E-state index contributed by atoms with van der Waals surface area (Å²) < 4.78 is 0. The van der Waals surface area contributed by atoms with Crippen molar-refractivity contribution < 1.29 is 19.2 Å². The van der Waals surface area contributed by atoms with Crippen molar-refractivity contribution in [3.8, 4) is 0 Å². The summed E-state index contributed by atoms with van der Waals surface area (Å²) in [5.74, 6) is -0.880. The molecule has 0 aromatic heterocycles. The Hall–Kier alpha value is -3.10. The van der Waals surface area contributed by atoms with E-state index in [9.17, 15) is 19.2 Å². The number of anilines is 1. The highest BCUT2D eigenvalue weighted by atomic mass is 16.2. The second kappa shape index (κ2) is 8.20. The maximum absolute atomic E-state index is 13.0. The van der Waals surface area contributed by atoms with E-state index >= 15 is 0 Å². The molecule has 4 N–H and O–H groups in total. The van der Waals surface area contributed by atoms with Gasteiger partial charge in [-0.05, 0) is 38.3 Å². The fraction of sp³-hybridized carbons (Fsp3) is 0.545. The largest absolute Gasteiger partial charge is 0.369 e. The topological polar surface area (TPSA) is 125 Å². The normalized spacial score (nSPS) is 25.3. The number of hydrogen-bond acceptors (Lipinski definition) is 5. The first-order valence-electron chi connectivity index (χ1n) is 10.9. The highest BCUT2D eigenvalue weighted by Gasteiger charge is 2.42. The van der Waals surface area contributed by atoms with Gasteiger partial charge < -0.3 is 26.2 Å². The van der Waals surface area contributed by atoms with Crippen molar-refractivity contribution in [3.63, 3.8) is 0 Å². The lowest BCUT2D eigenvalue weighted by Crippen LogP contribution is -2.58. The minimum absolute atomic E-state index is 0.0975. The number of fused-ring (bicyclic) bond motifs is 1. The Labute approximate surface area is 181 Å². The Morgan fingerprint density at radius 2 is 1.81 bits per heavy atom. The van der Waals surface area contributed by atoms with Crippen LogP contribution in [0.2, 0.25) is 0 Å². The lowest BCUT2D eigenvalue weighted by Gasteiger charge is -2.40. The van der Waals surface area contributed by atoms with E-state index in [-0.39, 0.29) is 36.0 Å². The number of nitrogens with zero attached hydrogens (tertiary/aromatic N) is 2. The second-order valence-electron chi connectivity index (χ2n) is 8.72. The lowest BCUT2D eigenvalue weighted by atomic mass is 9.95. The molecule has 2 fully saturated rings. The van der Waals surface area contributed by atoms with Crippen LogP contribution in [0.5, 0.6) is 0 Å². The number of benzene rings is 1. The van der Waals surface area contributed by atoms with Gasteiger partial charge >= 0.3 is 0 Å². The summed E-state index contributed by atoms with van der Waals surface area (Å²) >= 11 is 0. The summed E-state index contributed by atoms with van der Waals surface area (Å²) in [6.45, 7) is 3.05. The van der Waals surface area contributed by atoms with Gasteiger partial charge in [-0.3, -0.25) is 19.2 Å². The number of carbonyl (C=O) groups is 4. The van der Waals surface area contributed by atoms with Gasteiger partial charge in [-0.2, -0.15) is 0 Å². The van der Waals surface area contributed by atoms with E-state index < -0.39 is 11.7 Å². The number of likely N-dealkylation sites (tertiary alicyclic amines) is 2. The number of primary amides is 1. The van der Waals surface area contributed by atoms with Gasteiger partial charge in [0.15, 0.2) is 0 Å². The van der Waals surface area contributed by atoms with Crippen molar-refractivity contribution in [1.82, 2.24) is 15.1 Å². The Kier molecular flexibility index (Phi) is 5.60. The Bertz CT molecular complexity index is 911. The van der Waals surface area contributed by atoms with Gasteiger partial charge in [-0.1, -0.05) is 12.1 Å². The van der Waals surface area contributed by atoms with E-state index in [1.807, 2.05) is 18.2 Å². The number of piperidine rings is 1. The zero-order chi connectivity index (χ0) is 22.2. The molecule has 9 heteroatoms. The fourth-order valence-corrected chi connectivity index (χ4v) is 4.83. The molecule has 3 aliphatic rings. The van der Waals surface area contributed by atoms with E-state index in [1.165, 1.54) is 0 Å². The molecule has 2 saturated heterocycles. The fourth-order valence-electron chi connectivity index (χ4n) is 4.83. The number of hydrogen-bond donors (Lipinski definition) is 3. The minimum atomic E-state index is -0.710. The van der Waals surface area contributed by atoms with Crippen LogP contribution in [0.1, 0.15) is 49.4 Å². The van der Waals surface area contributed by atoms with Crippen LogP contribution in [-0.4, -0.2) is 64.8 Å². The molecular formula is C22H29N5O4. The van der Waals surface area contributed by atoms with Crippen LogP contribution in [0.15, 0.2) is 24.3 Å². The van der Waals surface area contributed by atoms with Crippen molar-refractivity contribution >= 4 is 29.3 Å². The van der Waals surface area contributed by atoms with Gasteiger partial charge in [0.25, 0.3) is 5.91 Å². The zero-order valence-electron chi connectivity index (χ0n) is 17.7. The van der Waals surface area contributed by atoms with Gasteiger partial charge in [0.1, 0.15) is 11.7 Å². The molecule has 9 nitrogen and oxygen atoms in total. The van der Waals surface area contributed by atoms with Crippen LogP contribution >= 0.6 is 0 Å². The molecule has 166 valence electrons. The maximum Gasteiger partial charge on any atom is 0.255 e. The van der Waals surface area contributed by atoms with Gasteiger partial charge in [0.05, 0.1) is 5.56 Å². The summed E-state index contributed by atoms with van der Waals surface area (Å²) in [6.07, 6.45) is 2.30. The summed E-state index contributed by atoms with van der Waals surface area (Å²) in [4.78, 5) is 53.3. The molecule has 0 aliphatic carbocycles. The molecule has 1 aromatic rings. The molecule has 0 unspecified atom stereocenters. The number of amides is 4. The van der Waals surface area contributed by atoms with E-state index in [0.717, 1.165) is 5.69 Å². The predicted molar refractivity (Wildman–Crippen MR) is 114 cm³/mol. The van der Waals surface area contributed by atoms with Crippen LogP contribution in [0.3, 0.4) is 0 Å². The molecule has 0 radical (unpaired) electrons. The molecule has 0 bridgehead atoms. The van der Waals surface area contributed by atoms with Gasteiger partial charge in [0, 0.05) is 44.1 Å². The van der Waals surface area contributed by atoms with Gasteiger partial charge in [0.2, 0.25) is 17.7 Å². The first kappa shape index (κ1) is 21.1. The maximum atomic E-state index is 13.0. The highest BCUT2D eigenvalue weighted by Crippen LogP contribution is 2.32. The number of carbonyl (C=O) groups excluding carboxylic acids is 4. The van der Waals surface area contributed by atoms with Crippen molar-refractivity contribution in [2.24, 2.45) is 11.7 Å². The number of nitrogens with two attached hydrogens (primary N) is 1. The molecule has 31 heavy (non-hydrogen) atoms. The van der Waals surface area contributed by atoms with Crippen LogP contribution in [0.4, 0.5) is 5.69 Å². The molecule has 3 aliphatic heterocycles. The first-order chi connectivity index (χ1) is 14.8. The van der Waals surface area contributed by atoms with Crippen molar-refractivity contribution in [2.45, 2.75) is 50.7 Å². The van der Waals surface area contributed by atoms with Gasteiger partial charge in [-0.25, -0.2) is 0 Å². The standard InChI is InChI=1S/C22H29N5O4/c1-14(21(31)26-11-7-15(8-12-26)19(23)29)27-13-10-22(9-6-18(27)28)24-17-5-3-2-4-16(17)20(30)25-22/h2-5,14-15,24H,6-13H2,1H3,(H2,23,29)(H,25,30)/t14-,22+/m1/s1. The van der Waals surface area contributed by atoms with Crippen LogP contribution in [-0.2, 0) is 14.4 Å². The first-order valence-corrected chi connectivity index (χ1v) is 10.9. The molecule has 3 heterocycles. The quantitative estimate of drug-likeness (QED) is 0.654. The number of nitrogens with one attached hydrogen (secondary N) is 2. The van der Waals surface area contributed by atoms with E-state index in [2.05, 4.69) is 10.6 Å². The Morgan fingerprint density at radius 3 is 2.52 bits per heavy atom. The summed E-state index contributed by atoms with van der Waals surface area (Å²) in [6, 6.07) is 6.72. The van der Waals surface area contributed by atoms with Crippen molar-refractivity contribution in [1.29, 1.82) is 0 Å². The van der Waals surface area contributed by atoms with E-state index in [4.69, 9.17) is 5.73 Å². The number of para-hydroxylation sites is 1. The summed E-state index contributed by atoms with van der Waals surface area (Å²) in [7, 11) is 0. The average molecular weight is 428 g/mol. The molecule has 4 rings (SSSR count). The SMILES string of the molecule is C[C@H](C(=O)N1CCC(C(N)=O)CC1)N1CC[C@]2(CCC1=O)NC(=O)c1ccccc1N2. The van der Waals surface area contributed by atoms with E-state index in [1.54, 1.807) is 22.8 Å². The lowest BCUT2D eigenvalue weighted by molar-refractivity contribution is -0.146. The second-order valence-corrected chi connectivity index (χ2v) is 8.72. The third-order valence-corrected chi connectivity index (χ3v) is 6.80. The highest BCUT2D eigenvalue weighted by molar-refractivity contribution is 6.02. The Morgan fingerprint density at radius 1 is 1.10 bits per heavy atom. The average Bonchev–Trinajstić information content (AvgIpc) is 2.92. The molecular weight excluding hydrogens is 398 g/mol. The van der Waals surface area contributed by atoms with Gasteiger partial charge in [-0.15, -0.1) is 0 Å². The molecule has 2 atom stereocenters. The summed E-state index contributed by atoms with van der Waals surface area (Å²) in [5, 5.41) is 6.47. The zero-order valence-corrected chi connectivity index (χ0v) is 17.7. The number of rotatable bonds is 3. The molecule has 0 saturated carbocycles. The van der Waals surface area contributed by atoms with Crippen LogP contribution in [0.25, 0.3) is 0 Å². The third-order valence-electron chi connectivity index (χ3n) is 6.80.